The van der Waals surface area contributed by atoms with E-state index >= 15 is 0 Å². The van der Waals surface area contributed by atoms with Crippen LogP contribution in [-0.2, 0) is 4.74 Å². The first-order valence-corrected chi connectivity index (χ1v) is 5.65. The van der Waals surface area contributed by atoms with Crippen LogP contribution in [0.2, 0.25) is 0 Å². The van der Waals surface area contributed by atoms with Crippen molar-refractivity contribution in [3.05, 3.63) is 0 Å². The Morgan fingerprint density at radius 3 is 2.77 bits per heavy atom. The molecule has 0 radical (unpaired) electrons. The Kier molecular flexibility index (Phi) is 1.58. The maximum Gasteiger partial charge on any atom is 0.166 e. The van der Waals surface area contributed by atoms with Gasteiger partial charge in [0, 0.05) is 12.8 Å². The zero-order valence-corrected chi connectivity index (χ0v) is 8.09. The summed E-state index contributed by atoms with van der Waals surface area (Å²) >= 11 is 0. The molecule has 1 unspecified atom stereocenters. The first-order chi connectivity index (χ1) is 6.23. The lowest BCUT2D eigenvalue weighted by Crippen LogP contribution is -2.54. The molecule has 1 saturated carbocycles. The highest BCUT2D eigenvalue weighted by atomic mass is 16.6. The lowest BCUT2D eigenvalue weighted by molar-refractivity contribution is -0.325. The number of aliphatic hydroxyl groups is 1. The molecule has 0 aromatic carbocycles. The fourth-order valence-corrected chi connectivity index (χ4v) is 3.71. The van der Waals surface area contributed by atoms with E-state index in [0.717, 1.165) is 25.2 Å². The minimum absolute atomic E-state index is 0.102. The second-order valence-electron chi connectivity index (χ2n) is 5.09. The summed E-state index contributed by atoms with van der Waals surface area (Å²) < 4.78 is 5.98. The summed E-state index contributed by atoms with van der Waals surface area (Å²) in [6.07, 6.45) is 9.11. The second-order valence-corrected chi connectivity index (χ2v) is 5.09. The summed E-state index contributed by atoms with van der Waals surface area (Å²) in [5.41, 5.74) is 0.102. The number of ether oxygens (including phenoxy) is 1. The maximum absolute atomic E-state index is 10.1. The normalized spacial score (nSPS) is 54.7. The van der Waals surface area contributed by atoms with E-state index in [2.05, 4.69) is 0 Å². The van der Waals surface area contributed by atoms with Crippen molar-refractivity contribution < 1.29 is 9.84 Å². The molecule has 3 rings (SSSR count). The predicted octanol–water partition coefficient (Wildman–Crippen LogP) is 2.21. The second kappa shape index (κ2) is 2.48. The van der Waals surface area contributed by atoms with E-state index in [0.29, 0.717) is 0 Å². The minimum Gasteiger partial charge on any atom is -0.365 e. The Bertz CT molecular complexity index is 228. The fourth-order valence-electron chi connectivity index (χ4n) is 3.71. The summed E-state index contributed by atoms with van der Waals surface area (Å²) in [5.74, 6) is 0.0205. The van der Waals surface area contributed by atoms with Gasteiger partial charge in [0.2, 0.25) is 0 Å². The monoisotopic (exact) mass is 182 g/mol. The van der Waals surface area contributed by atoms with E-state index in [1.807, 2.05) is 0 Å². The fraction of sp³-hybridized carbons (Fsp3) is 1.00. The smallest absolute Gasteiger partial charge is 0.166 e. The summed E-state index contributed by atoms with van der Waals surface area (Å²) in [5, 5.41) is 10.1. The average Bonchev–Trinajstić information content (AvgIpc) is 2.45. The average molecular weight is 182 g/mol. The number of hydrogen-bond acceptors (Lipinski definition) is 2. The molecule has 1 aliphatic carbocycles. The van der Waals surface area contributed by atoms with Crippen LogP contribution in [-0.4, -0.2) is 16.5 Å². The van der Waals surface area contributed by atoms with E-state index in [1.165, 1.54) is 32.1 Å². The van der Waals surface area contributed by atoms with Gasteiger partial charge in [0.1, 0.15) is 0 Å². The van der Waals surface area contributed by atoms with Crippen LogP contribution in [0, 0.1) is 5.92 Å². The van der Waals surface area contributed by atoms with Gasteiger partial charge in [-0.15, -0.1) is 0 Å². The van der Waals surface area contributed by atoms with Crippen LogP contribution in [0.3, 0.4) is 0 Å². The molecule has 0 aromatic heterocycles. The van der Waals surface area contributed by atoms with Crippen molar-refractivity contribution in [2.24, 2.45) is 5.92 Å². The van der Waals surface area contributed by atoms with E-state index in [1.54, 1.807) is 0 Å². The molecule has 1 spiro atoms. The highest BCUT2D eigenvalue weighted by Crippen LogP contribution is 2.54. The van der Waals surface area contributed by atoms with Gasteiger partial charge in [-0.1, -0.05) is 6.42 Å². The van der Waals surface area contributed by atoms with Gasteiger partial charge in [-0.05, 0) is 38.0 Å². The van der Waals surface area contributed by atoms with E-state index in [-0.39, 0.29) is 5.60 Å². The lowest BCUT2D eigenvalue weighted by atomic mass is 9.74. The van der Waals surface area contributed by atoms with Crippen LogP contribution in [0.5, 0.6) is 0 Å². The van der Waals surface area contributed by atoms with Gasteiger partial charge in [0.15, 0.2) is 5.79 Å². The summed E-state index contributed by atoms with van der Waals surface area (Å²) in [6.45, 7) is 0. The molecule has 1 N–H and O–H groups in total. The molecule has 2 heteroatoms. The number of rotatable bonds is 0. The van der Waals surface area contributed by atoms with Gasteiger partial charge < -0.3 is 9.84 Å². The molecule has 74 valence electrons. The van der Waals surface area contributed by atoms with Crippen LogP contribution < -0.4 is 0 Å². The largest absolute Gasteiger partial charge is 0.365 e. The highest BCUT2D eigenvalue weighted by molar-refractivity contribution is 5.01. The van der Waals surface area contributed by atoms with Crippen molar-refractivity contribution in [2.75, 3.05) is 0 Å². The van der Waals surface area contributed by atoms with Crippen molar-refractivity contribution in [3.63, 3.8) is 0 Å². The van der Waals surface area contributed by atoms with Crippen molar-refractivity contribution in [1.29, 1.82) is 0 Å². The molecule has 3 aliphatic rings. The van der Waals surface area contributed by atoms with Gasteiger partial charge in [0.25, 0.3) is 0 Å². The van der Waals surface area contributed by atoms with Crippen LogP contribution in [0.25, 0.3) is 0 Å². The van der Waals surface area contributed by atoms with Crippen molar-refractivity contribution in [3.8, 4) is 0 Å². The van der Waals surface area contributed by atoms with Gasteiger partial charge in [-0.25, -0.2) is 0 Å². The maximum atomic E-state index is 10.1. The first kappa shape index (κ1) is 8.25. The van der Waals surface area contributed by atoms with Crippen LogP contribution in [0.15, 0.2) is 0 Å². The third kappa shape index (κ3) is 1.08. The SMILES string of the molecule is O[C@]12CCC[C@@]3(CCCC3CC1)O2. The van der Waals surface area contributed by atoms with Gasteiger partial charge in [-0.2, -0.15) is 0 Å². The zero-order chi connectivity index (χ0) is 8.94. The first-order valence-electron chi connectivity index (χ1n) is 5.65. The quantitative estimate of drug-likeness (QED) is 0.622. The molecule has 13 heavy (non-hydrogen) atoms. The molecule has 0 aromatic rings. The molecule has 3 fully saturated rings. The number of hydrogen-bond donors (Lipinski definition) is 1. The molecule has 0 amide bonds. The third-order valence-electron chi connectivity index (χ3n) is 4.34. The molecule has 2 nitrogen and oxygen atoms in total. The lowest BCUT2D eigenvalue weighted by Gasteiger charge is -2.51. The number of fused-ring (bicyclic) bond motifs is 1. The van der Waals surface area contributed by atoms with Crippen LogP contribution in [0.1, 0.15) is 51.4 Å². The molecule has 3 atom stereocenters. The molecule has 2 heterocycles. The third-order valence-corrected chi connectivity index (χ3v) is 4.34. The standard InChI is InChI=1S/C11H18O2/c12-11-7-2-6-10(13-11)5-1-3-9(10)4-8-11/h9,12H,1-8H2/t9?,10-,11+/m1/s1. The van der Waals surface area contributed by atoms with Crippen molar-refractivity contribution >= 4 is 0 Å². The predicted molar refractivity (Wildman–Crippen MR) is 49.2 cm³/mol. The molecule has 2 saturated heterocycles. The summed E-state index contributed by atoms with van der Waals surface area (Å²) in [7, 11) is 0. The summed E-state index contributed by atoms with van der Waals surface area (Å²) in [6, 6.07) is 0. The van der Waals surface area contributed by atoms with E-state index in [4.69, 9.17) is 4.74 Å². The van der Waals surface area contributed by atoms with E-state index in [9.17, 15) is 5.11 Å². The minimum atomic E-state index is -0.737. The molecular weight excluding hydrogens is 164 g/mol. The van der Waals surface area contributed by atoms with E-state index < -0.39 is 5.79 Å². The molecule has 2 aliphatic heterocycles. The zero-order valence-electron chi connectivity index (χ0n) is 8.09. The summed E-state index contributed by atoms with van der Waals surface area (Å²) in [4.78, 5) is 0. The molecule has 2 bridgehead atoms. The Hall–Kier alpha value is -0.0800. The van der Waals surface area contributed by atoms with Gasteiger partial charge in [0.05, 0.1) is 5.60 Å². The topological polar surface area (TPSA) is 29.5 Å². The van der Waals surface area contributed by atoms with Gasteiger partial charge >= 0.3 is 0 Å². The Labute approximate surface area is 79.3 Å². The van der Waals surface area contributed by atoms with Crippen LogP contribution >= 0.6 is 0 Å². The highest BCUT2D eigenvalue weighted by Gasteiger charge is 2.54. The van der Waals surface area contributed by atoms with Crippen molar-refractivity contribution in [1.82, 2.24) is 0 Å². The Balaban J connectivity index is 1.92. The molecular formula is C11H18O2. The Morgan fingerprint density at radius 2 is 1.85 bits per heavy atom. The van der Waals surface area contributed by atoms with Crippen LogP contribution in [0.4, 0.5) is 0 Å². The Morgan fingerprint density at radius 1 is 1.00 bits per heavy atom. The van der Waals surface area contributed by atoms with Gasteiger partial charge in [-0.3, -0.25) is 0 Å². The van der Waals surface area contributed by atoms with Crippen molar-refractivity contribution in [2.45, 2.75) is 62.8 Å².